The Labute approximate surface area is 182 Å². The zero-order chi connectivity index (χ0) is 22.1. The van der Waals surface area contributed by atoms with Crippen molar-refractivity contribution in [2.75, 3.05) is 38.2 Å². The first kappa shape index (κ1) is 21.0. The van der Waals surface area contributed by atoms with E-state index >= 15 is 0 Å². The van der Waals surface area contributed by atoms with Gasteiger partial charge in [-0.3, -0.25) is 9.59 Å². The van der Waals surface area contributed by atoms with Crippen molar-refractivity contribution in [3.05, 3.63) is 58.6 Å². The molecule has 0 radical (unpaired) electrons. The predicted octanol–water partition coefficient (Wildman–Crippen LogP) is 2.97. The van der Waals surface area contributed by atoms with Gasteiger partial charge in [-0.2, -0.15) is 0 Å². The maximum atomic E-state index is 13.3. The summed E-state index contributed by atoms with van der Waals surface area (Å²) in [7, 11) is 3.53. The third-order valence-electron chi connectivity index (χ3n) is 5.96. The molecule has 1 saturated heterocycles. The van der Waals surface area contributed by atoms with Crippen molar-refractivity contribution >= 4 is 22.5 Å². The normalized spacial score (nSPS) is 14.5. The molecule has 2 aromatic heterocycles. The summed E-state index contributed by atoms with van der Waals surface area (Å²) >= 11 is 0. The van der Waals surface area contributed by atoms with Crippen LogP contribution in [0.25, 0.3) is 10.9 Å². The molecule has 7 heteroatoms. The third kappa shape index (κ3) is 3.92. The number of nitrogens with zero attached hydrogens (tertiary/aromatic N) is 4. The van der Waals surface area contributed by atoms with Crippen molar-refractivity contribution < 1.29 is 9.53 Å². The molecular weight excluding hydrogens is 392 g/mol. The van der Waals surface area contributed by atoms with Crippen molar-refractivity contribution in [3.8, 4) is 5.75 Å². The molecule has 164 valence electrons. The summed E-state index contributed by atoms with van der Waals surface area (Å²) in [6.07, 6.45) is 1.82. The molecule has 1 aromatic carbocycles. The topological polar surface area (TPSA) is 59.7 Å². The Kier molecular flexibility index (Phi) is 5.76. The number of carbonyl (C=O) groups excluding carboxylic acids is 1. The van der Waals surface area contributed by atoms with Gasteiger partial charge in [-0.1, -0.05) is 26.0 Å². The van der Waals surface area contributed by atoms with Crippen LogP contribution in [0.15, 0.2) is 47.4 Å². The summed E-state index contributed by atoms with van der Waals surface area (Å²) in [6, 6.07) is 11.6. The van der Waals surface area contributed by atoms with Gasteiger partial charge in [-0.15, -0.1) is 0 Å². The first-order chi connectivity index (χ1) is 14.9. The maximum absolute atomic E-state index is 13.3. The molecular formula is C24H30N4O3. The standard InChI is InChI=1S/C24H30N4O3/c1-17(2)16-28-10-9-19-18(23(28)29)15-21(25(19)3)24(30)27-13-11-26(12-14-27)20-7-5-6-8-22(20)31-4/h5-10,15,17H,11-14,16H2,1-4H3. The molecule has 3 heterocycles. The summed E-state index contributed by atoms with van der Waals surface area (Å²) < 4.78 is 9.05. The molecule has 31 heavy (non-hydrogen) atoms. The summed E-state index contributed by atoms with van der Waals surface area (Å²) in [5.41, 5.74) is 2.36. The van der Waals surface area contributed by atoms with E-state index in [-0.39, 0.29) is 11.5 Å². The molecule has 0 spiro atoms. The van der Waals surface area contributed by atoms with Gasteiger partial charge in [-0.05, 0) is 30.2 Å². The second kappa shape index (κ2) is 8.49. The minimum atomic E-state index is -0.0400. The lowest BCUT2D eigenvalue weighted by Crippen LogP contribution is -2.49. The number of aromatic nitrogens is 2. The molecule has 3 aromatic rings. The molecule has 1 amide bonds. The van der Waals surface area contributed by atoms with Gasteiger partial charge in [-0.25, -0.2) is 0 Å². The molecule has 0 N–H and O–H groups in total. The molecule has 0 aliphatic carbocycles. The van der Waals surface area contributed by atoms with Crippen LogP contribution in [0.3, 0.4) is 0 Å². The van der Waals surface area contributed by atoms with Crippen LogP contribution in [0.1, 0.15) is 24.3 Å². The van der Waals surface area contributed by atoms with E-state index < -0.39 is 0 Å². The van der Waals surface area contributed by atoms with E-state index in [1.807, 2.05) is 53.0 Å². The highest BCUT2D eigenvalue weighted by Gasteiger charge is 2.26. The van der Waals surface area contributed by atoms with E-state index in [0.29, 0.717) is 36.6 Å². The highest BCUT2D eigenvalue weighted by atomic mass is 16.5. The molecule has 0 saturated carbocycles. The molecule has 1 aliphatic rings. The van der Waals surface area contributed by atoms with E-state index in [9.17, 15) is 9.59 Å². The van der Waals surface area contributed by atoms with Gasteiger partial charge < -0.3 is 23.7 Å². The number of anilines is 1. The number of carbonyl (C=O) groups is 1. The van der Waals surface area contributed by atoms with Crippen LogP contribution in [0.4, 0.5) is 5.69 Å². The van der Waals surface area contributed by atoms with Crippen LogP contribution in [-0.2, 0) is 13.6 Å². The van der Waals surface area contributed by atoms with Gasteiger partial charge in [0.2, 0.25) is 0 Å². The van der Waals surface area contributed by atoms with Gasteiger partial charge in [0, 0.05) is 46.0 Å². The van der Waals surface area contributed by atoms with Crippen molar-refractivity contribution in [3.63, 3.8) is 0 Å². The van der Waals surface area contributed by atoms with Gasteiger partial charge >= 0.3 is 0 Å². The average Bonchev–Trinajstić information content (AvgIpc) is 3.12. The molecule has 0 bridgehead atoms. The second-order valence-corrected chi connectivity index (χ2v) is 8.51. The lowest BCUT2D eigenvalue weighted by atomic mass is 10.2. The quantitative estimate of drug-likeness (QED) is 0.634. The van der Waals surface area contributed by atoms with E-state index in [4.69, 9.17) is 4.74 Å². The van der Waals surface area contributed by atoms with Crippen molar-refractivity contribution in [1.29, 1.82) is 0 Å². The molecule has 4 rings (SSSR count). The first-order valence-electron chi connectivity index (χ1n) is 10.8. The first-order valence-corrected chi connectivity index (χ1v) is 10.8. The maximum Gasteiger partial charge on any atom is 0.270 e. The predicted molar refractivity (Wildman–Crippen MR) is 123 cm³/mol. The Morgan fingerprint density at radius 1 is 1.10 bits per heavy atom. The monoisotopic (exact) mass is 422 g/mol. The van der Waals surface area contributed by atoms with Gasteiger partial charge in [0.25, 0.3) is 11.5 Å². The van der Waals surface area contributed by atoms with Crippen LogP contribution >= 0.6 is 0 Å². The van der Waals surface area contributed by atoms with E-state index in [0.717, 1.165) is 30.0 Å². The number of rotatable bonds is 5. The number of methoxy groups -OCH3 is 1. The van der Waals surface area contributed by atoms with Crippen LogP contribution in [0, 0.1) is 5.92 Å². The fourth-order valence-corrected chi connectivity index (χ4v) is 4.32. The summed E-state index contributed by atoms with van der Waals surface area (Å²) in [4.78, 5) is 30.3. The number of aryl methyl sites for hydroxylation is 1. The minimum Gasteiger partial charge on any atom is -0.495 e. The molecule has 7 nitrogen and oxygen atoms in total. The lowest BCUT2D eigenvalue weighted by Gasteiger charge is -2.36. The fourth-order valence-electron chi connectivity index (χ4n) is 4.32. The number of piperazine rings is 1. The van der Waals surface area contributed by atoms with E-state index in [1.54, 1.807) is 17.7 Å². The number of para-hydroxylation sites is 2. The minimum absolute atomic E-state index is 0.0341. The summed E-state index contributed by atoms with van der Waals surface area (Å²) in [5.74, 6) is 1.18. The summed E-state index contributed by atoms with van der Waals surface area (Å²) in [6.45, 7) is 7.54. The van der Waals surface area contributed by atoms with Gasteiger partial charge in [0.15, 0.2) is 0 Å². The van der Waals surface area contributed by atoms with Gasteiger partial charge in [0.1, 0.15) is 11.4 Å². The van der Waals surface area contributed by atoms with Crippen LogP contribution < -0.4 is 15.2 Å². The number of hydrogen-bond donors (Lipinski definition) is 0. The van der Waals surface area contributed by atoms with E-state index in [1.165, 1.54) is 0 Å². The number of ether oxygens (including phenoxy) is 1. The number of benzene rings is 1. The molecule has 0 atom stereocenters. The highest BCUT2D eigenvalue weighted by Crippen LogP contribution is 2.28. The molecule has 1 aliphatic heterocycles. The SMILES string of the molecule is COc1ccccc1N1CCN(C(=O)c2cc3c(=O)n(CC(C)C)ccc3n2C)CC1. The summed E-state index contributed by atoms with van der Waals surface area (Å²) in [5, 5.41) is 0.599. The fraction of sp³-hybridized carbons (Fsp3) is 0.417. The van der Waals surface area contributed by atoms with Crippen LogP contribution in [-0.4, -0.2) is 53.2 Å². The highest BCUT2D eigenvalue weighted by molar-refractivity contribution is 5.98. The number of amides is 1. The zero-order valence-electron chi connectivity index (χ0n) is 18.7. The Morgan fingerprint density at radius 3 is 2.48 bits per heavy atom. The third-order valence-corrected chi connectivity index (χ3v) is 5.96. The Hall–Kier alpha value is -3.22. The molecule has 1 fully saturated rings. The van der Waals surface area contributed by atoms with Crippen LogP contribution in [0.2, 0.25) is 0 Å². The number of hydrogen-bond acceptors (Lipinski definition) is 4. The van der Waals surface area contributed by atoms with E-state index in [2.05, 4.69) is 18.7 Å². The van der Waals surface area contributed by atoms with Gasteiger partial charge in [0.05, 0.1) is 23.7 Å². The Bertz CT molecular complexity index is 1150. The lowest BCUT2D eigenvalue weighted by molar-refractivity contribution is 0.0737. The van der Waals surface area contributed by atoms with Crippen molar-refractivity contribution in [1.82, 2.24) is 14.0 Å². The van der Waals surface area contributed by atoms with Crippen molar-refractivity contribution in [2.45, 2.75) is 20.4 Å². The second-order valence-electron chi connectivity index (χ2n) is 8.51. The smallest absolute Gasteiger partial charge is 0.270 e. The molecule has 0 unspecified atom stereocenters. The largest absolute Gasteiger partial charge is 0.495 e. The van der Waals surface area contributed by atoms with Crippen molar-refractivity contribution in [2.24, 2.45) is 13.0 Å². The van der Waals surface area contributed by atoms with Crippen LogP contribution in [0.5, 0.6) is 5.75 Å². The zero-order valence-corrected chi connectivity index (χ0v) is 18.7. The number of pyridine rings is 1. The Balaban J connectivity index is 1.54. The number of fused-ring (bicyclic) bond motifs is 1. The Morgan fingerprint density at radius 2 is 1.81 bits per heavy atom. The average molecular weight is 423 g/mol.